The van der Waals surface area contributed by atoms with E-state index in [-0.39, 0.29) is 22.5 Å². The summed E-state index contributed by atoms with van der Waals surface area (Å²) in [5.41, 5.74) is -1.25. The highest BCUT2D eigenvalue weighted by Crippen LogP contribution is 2.38. The molecule has 5 nitrogen and oxygen atoms in total. The van der Waals surface area contributed by atoms with Crippen molar-refractivity contribution in [3.05, 3.63) is 58.7 Å². The van der Waals surface area contributed by atoms with Gasteiger partial charge in [-0.2, -0.15) is 36.9 Å². The minimum absolute atomic E-state index is 0.00734. The Morgan fingerprint density at radius 2 is 1.24 bits per heavy atom. The normalized spacial score (nSPS) is 14.5. The van der Waals surface area contributed by atoms with Gasteiger partial charge in [0.05, 0.1) is 34.4 Å². The van der Waals surface area contributed by atoms with Crippen molar-refractivity contribution in [1.82, 2.24) is 4.90 Å². The third-order valence-electron chi connectivity index (χ3n) is 5.19. The summed E-state index contributed by atoms with van der Waals surface area (Å²) in [6.45, 7) is 2.59. The first-order valence-corrected chi connectivity index (χ1v) is 10.1. The van der Waals surface area contributed by atoms with E-state index >= 15 is 0 Å². The monoisotopic (exact) mass is 483 g/mol. The summed E-state index contributed by atoms with van der Waals surface area (Å²) in [6, 6.07) is 10.7. The molecule has 0 saturated carbocycles. The van der Waals surface area contributed by atoms with Crippen molar-refractivity contribution in [1.29, 1.82) is 10.5 Å². The van der Waals surface area contributed by atoms with Gasteiger partial charge in [-0.25, -0.2) is 0 Å². The summed E-state index contributed by atoms with van der Waals surface area (Å²) in [5.74, 6) is 0. The number of benzene rings is 2. The molecule has 1 aliphatic heterocycles. The number of hydrogen-bond donors (Lipinski definition) is 0. The third kappa shape index (κ3) is 6.78. The highest BCUT2D eigenvalue weighted by Gasteiger charge is 2.36. The molecule has 0 aromatic heterocycles. The number of halogens is 6. The summed E-state index contributed by atoms with van der Waals surface area (Å²) in [4.78, 5) is 5.17. The van der Waals surface area contributed by atoms with Gasteiger partial charge in [-0.15, -0.1) is 0 Å². The molecule has 1 fully saturated rings. The molecule has 34 heavy (non-hydrogen) atoms. The first-order chi connectivity index (χ1) is 15.8. The number of rotatable bonds is 2. The van der Waals surface area contributed by atoms with Crippen molar-refractivity contribution >= 4 is 11.4 Å². The highest BCUT2D eigenvalue weighted by molar-refractivity contribution is 5.58. The second-order valence-electron chi connectivity index (χ2n) is 7.87. The molecule has 2 aromatic rings. The standard InChI is InChI=1S/C13H14F3N3.C10H9F3N2/c1-18-4-6-19(7-5-18)12-3-2-10(9-17)8-11(12)13(14,15)16;1-15(2)9-4-3-7(6-14)5-8(9)10(11,12)13/h2-3,8H,4-7H2,1H3;3-5H,1-2H3. The van der Waals surface area contributed by atoms with Crippen LogP contribution < -0.4 is 9.80 Å². The van der Waals surface area contributed by atoms with Crippen molar-refractivity contribution in [2.45, 2.75) is 12.4 Å². The van der Waals surface area contributed by atoms with Crippen LogP contribution in [-0.2, 0) is 12.4 Å². The Balaban J connectivity index is 0.000000248. The topological polar surface area (TPSA) is 57.3 Å². The van der Waals surface area contributed by atoms with E-state index in [2.05, 4.69) is 4.90 Å². The average Bonchev–Trinajstić information content (AvgIpc) is 2.78. The van der Waals surface area contributed by atoms with E-state index in [0.717, 1.165) is 25.2 Å². The number of nitriles is 2. The summed E-state index contributed by atoms with van der Waals surface area (Å²) >= 11 is 0. The zero-order valence-electron chi connectivity index (χ0n) is 18.8. The van der Waals surface area contributed by atoms with Gasteiger partial charge in [0.15, 0.2) is 0 Å². The lowest BCUT2D eigenvalue weighted by Crippen LogP contribution is -2.45. The van der Waals surface area contributed by atoms with E-state index in [0.29, 0.717) is 13.1 Å². The molecule has 1 saturated heterocycles. The van der Waals surface area contributed by atoms with Crippen LogP contribution in [0.1, 0.15) is 22.3 Å². The van der Waals surface area contributed by atoms with Gasteiger partial charge in [0.1, 0.15) is 0 Å². The molecule has 1 aliphatic rings. The number of nitrogens with zero attached hydrogens (tertiary/aromatic N) is 5. The molecule has 0 atom stereocenters. The summed E-state index contributed by atoms with van der Waals surface area (Å²) in [6.07, 6.45) is -8.88. The lowest BCUT2D eigenvalue weighted by atomic mass is 10.1. The van der Waals surface area contributed by atoms with Crippen LogP contribution in [0.15, 0.2) is 36.4 Å². The van der Waals surface area contributed by atoms with E-state index in [1.807, 2.05) is 7.05 Å². The summed E-state index contributed by atoms with van der Waals surface area (Å²) in [5, 5.41) is 17.3. The lowest BCUT2D eigenvalue weighted by Gasteiger charge is -2.35. The van der Waals surface area contributed by atoms with Crippen LogP contribution in [-0.4, -0.2) is 52.2 Å². The van der Waals surface area contributed by atoms with Gasteiger partial charge in [-0.3, -0.25) is 0 Å². The van der Waals surface area contributed by atoms with Crippen LogP contribution in [0.4, 0.5) is 37.7 Å². The Morgan fingerprint density at radius 1 is 0.765 bits per heavy atom. The average molecular weight is 483 g/mol. The molecule has 3 rings (SSSR count). The van der Waals surface area contributed by atoms with Crippen LogP contribution >= 0.6 is 0 Å². The number of alkyl halides is 6. The van der Waals surface area contributed by atoms with Crippen LogP contribution in [0.25, 0.3) is 0 Å². The van der Waals surface area contributed by atoms with Gasteiger partial charge in [0.2, 0.25) is 0 Å². The zero-order valence-corrected chi connectivity index (χ0v) is 18.8. The second-order valence-corrected chi connectivity index (χ2v) is 7.87. The van der Waals surface area contributed by atoms with Crippen molar-refractivity contribution in [2.24, 2.45) is 0 Å². The first kappa shape index (κ1) is 26.8. The minimum atomic E-state index is -4.44. The maximum absolute atomic E-state index is 13.0. The van der Waals surface area contributed by atoms with Crippen LogP contribution in [0.3, 0.4) is 0 Å². The SMILES string of the molecule is CN(C)c1ccc(C#N)cc1C(F)(F)F.CN1CCN(c2ccc(C#N)cc2C(F)(F)F)CC1. The number of piperazine rings is 1. The predicted octanol–water partition coefficient (Wildman–Crippen LogP) is 4.97. The fraction of sp³-hybridized carbons (Fsp3) is 0.391. The largest absolute Gasteiger partial charge is 0.418 e. The molecule has 11 heteroatoms. The van der Waals surface area contributed by atoms with E-state index in [4.69, 9.17) is 10.5 Å². The lowest BCUT2D eigenvalue weighted by molar-refractivity contribution is -0.138. The minimum Gasteiger partial charge on any atom is -0.377 e. The summed E-state index contributed by atoms with van der Waals surface area (Å²) in [7, 11) is 4.99. The van der Waals surface area contributed by atoms with Gasteiger partial charge >= 0.3 is 12.4 Å². The van der Waals surface area contributed by atoms with Crippen molar-refractivity contribution in [3.8, 4) is 12.1 Å². The number of anilines is 2. The van der Waals surface area contributed by atoms with Crippen molar-refractivity contribution in [2.75, 3.05) is 57.1 Å². The molecule has 0 spiro atoms. The summed E-state index contributed by atoms with van der Waals surface area (Å²) < 4.78 is 76.9. The van der Waals surface area contributed by atoms with Gasteiger partial charge in [-0.05, 0) is 43.4 Å². The Morgan fingerprint density at radius 3 is 1.68 bits per heavy atom. The molecular weight excluding hydrogens is 460 g/mol. The second kappa shape index (κ2) is 10.7. The van der Waals surface area contributed by atoms with E-state index in [1.165, 1.54) is 43.3 Å². The van der Waals surface area contributed by atoms with Crippen molar-refractivity contribution < 1.29 is 26.3 Å². The maximum atomic E-state index is 13.0. The molecule has 2 aromatic carbocycles. The van der Waals surface area contributed by atoms with Crippen LogP contribution in [0.5, 0.6) is 0 Å². The van der Waals surface area contributed by atoms with Gasteiger partial charge in [0.25, 0.3) is 0 Å². The molecular formula is C23H23F6N5. The molecule has 0 N–H and O–H groups in total. The molecule has 1 heterocycles. The van der Waals surface area contributed by atoms with Gasteiger partial charge in [0, 0.05) is 51.6 Å². The Bertz CT molecular complexity index is 1070. The van der Waals surface area contributed by atoms with E-state index in [9.17, 15) is 26.3 Å². The Hall–Kier alpha value is -3.44. The molecule has 182 valence electrons. The fourth-order valence-electron chi connectivity index (χ4n) is 3.38. The predicted molar refractivity (Wildman–Crippen MR) is 116 cm³/mol. The number of hydrogen-bond acceptors (Lipinski definition) is 5. The zero-order chi connectivity index (χ0) is 25.7. The fourth-order valence-corrected chi connectivity index (χ4v) is 3.38. The van der Waals surface area contributed by atoms with E-state index < -0.39 is 23.5 Å². The highest BCUT2D eigenvalue weighted by atomic mass is 19.4. The Kier molecular flexibility index (Phi) is 8.41. The maximum Gasteiger partial charge on any atom is 0.418 e. The smallest absolute Gasteiger partial charge is 0.377 e. The van der Waals surface area contributed by atoms with Crippen LogP contribution in [0.2, 0.25) is 0 Å². The van der Waals surface area contributed by atoms with Crippen molar-refractivity contribution in [3.63, 3.8) is 0 Å². The number of likely N-dealkylation sites (N-methyl/N-ethyl adjacent to an activating group) is 1. The molecule has 0 bridgehead atoms. The van der Waals surface area contributed by atoms with E-state index in [1.54, 1.807) is 17.0 Å². The molecule has 0 radical (unpaired) electrons. The quantitative estimate of drug-likeness (QED) is 0.565. The van der Waals surface area contributed by atoms with Gasteiger partial charge < -0.3 is 14.7 Å². The third-order valence-corrected chi connectivity index (χ3v) is 5.19. The van der Waals surface area contributed by atoms with Gasteiger partial charge in [-0.1, -0.05) is 0 Å². The molecule has 0 unspecified atom stereocenters. The molecule has 0 aliphatic carbocycles. The first-order valence-electron chi connectivity index (χ1n) is 10.1. The van der Waals surface area contributed by atoms with Crippen LogP contribution in [0, 0.1) is 22.7 Å². The molecule has 0 amide bonds. The Labute approximate surface area is 194 Å².